The Kier molecular flexibility index (Phi) is 5.93. The van der Waals surface area contributed by atoms with Crippen molar-refractivity contribution in [3.63, 3.8) is 0 Å². The molecule has 1 saturated carbocycles. The minimum absolute atomic E-state index is 0.172. The SMILES string of the molecule is CCCN(C(=O)OC)C1(CN)CCC(CC)CC1. The van der Waals surface area contributed by atoms with Crippen molar-refractivity contribution < 1.29 is 9.53 Å². The number of nitrogens with zero attached hydrogens (tertiary/aromatic N) is 1. The van der Waals surface area contributed by atoms with Crippen molar-refractivity contribution in [2.75, 3.05) is 20.2 Å². The molecule has 18 heavy (non-hydrogen) atoms. The van der Waals surface area contributed by atoms with Gasteiger partial charge in [-0.3, -0.25) is 0 Å². The number of hydrogen-bond donors (Lipinski definition) is 1. The van der Waals surface area contributed by atoms with Crippen LogP contribution >= 0.6 is 0 Å². The van der Waals surface area contributed by atoms with E-state index in [1.165, 1.54) is 26.4 Å². The summed E-state index contributed by atoms with van der Waals surface area (Å²) in [4.78, 5) is 13.8. The zero-order valence-corrected chi connectivity index (χ0v) is 12.1. The lowest BCUT2D eigenvalue weighted by molar-refractivity contribution is 0.0339. The maximum absolute atomic E-state index is 12.0. The second-order valence-corrected chi connectivity index (χ2v) is 5.40. The third-order valence-electron chi connectivity index (χ3n) is 4.41. The van der Waals surface area contributed by atoms with E-state index in [1.807, 2.05) is 4.90 Å². The van der Waals surface area contributed by atoms with Gasteiger partial charge in [-0.1, -0.05) is 20.3 Å². The molecule has 1 fully saturated rings. The Bertz CT molecular complexity index is 261. The average Bonchev–Trinajstić information content (AvgIpc) is 2.44. The fourth-order valence-electron chi connectivity index (χ4n) is 3.06. The molecule has 1 amide bonds. The first-order valence-electron chi connectivity index (χ1n) is 7.19. The van der Waals surface area contributed by atoms with Crippen molar-refractivity contribution >= 4 is 6.09 Å². The summed E-state index contributed by atoms with van der Waals surface area (Å²) < 4.78 is 4.93. The van der Waals surface area contributed by atoms with Crippen molar-refractivity contribution in [2.24, 2.45) is 11.7 Å². The van der Waals surface area contributed by atoms with Crippen LogP contribution in [-0.4, -0.2) is 36.7 Å². The predicted molar refractivity (Wildman–Crippen MR) is 73.4 cm³/mol. The lowest BCUT2D eigenvalue weighted by atomic mass is 9.74. The van der Waals surface area contributed by atoms with Gasteiger partial charge in [-0.25, -0.2) is 4.79 Å². The van der Waals surface area contributed by atoms with Gasteiger partial charge in [0.1, 0.15) is 0 Å². The van der Waals surface area contributed by atoms with Crippen molar-refractivity contribution in [2.45, 2.75) is 57.9 Å². The maximum atomic E-state index is 12.0. The van der Waals surface area contributed by atoms with Crippen LogP contribution in [0.1, 0.15) is 52.4 Å². The zero-order valence-electron chi connectivity index (χ0n) is 12.1. The molecule has 0 aromatic heterocycles. The summed E-state index contributed by atoms with van der Waals surface area (Å²) in [6.45, 7) is 5.60. The summed E-state index contributed by atoms with van der Waals surface area (Å²) in [7, 11) is 1.45. The van der Waals surface area contributed by atoms with Crippen LogP contribution in [0.25, 0.3) is 0 Å². The van der Waals surface area contributed by atoms with Crippen LogP contribution in [0.3, 0.4) is 0 Å². The van der Waals surface area contributed by atoms with Crippen molar-refractivity contribution in [1.29, 1.82) is 0 Å². The Labute approximate surface area is 111 Å². The molecule has 0 unspecified atom stereocenters. The average molecular weight is 256 g/mol. The van der Waals surface area contributed by atoms with Gasteiger partial charge >= 0.3 is 6.09 Å². The summed E-state index contributed by atoms with van der Waals surface area (Å²) in [5, 5.41) is 0. The van der Waals surface area contributed by atoms with Gasteiger partial charge in [0.2, 0.25) is 0 Å². The Hall–Kier alpha value is -0.770. The summed E-state index contributed by atoms with van der Waals surface area (Å²) in [5.41, 5.74) is 5.83. The topological polar surface area (TPSA) is 55.6 Å². The van der Waals surface area contributed by atoms with E-state index in [4.69, 9.17) is 10.5 Å². The van der Waals surface area contributed by atoms with Crippen LogP contribution in [0.2, 0.25) is 0 Å². The fraction of sp³-hybridized carbons (Fsp3) is 0.929. The fourth-order valence-corrected chi connectivity index (χ4v) is 3.06. The summed E-state index contributed by atoms with van der Waals surface area (Å²) in [5.74, 6) is 0.797. The van der Waals surface area contributed by atoms with Crippen LogP contribution < -0.4 is 5.73 Å². The number of methoxy groups -OCH3 is 1. The molecular weight excluding hydrogens is 228 g/mol. The highest BCUT2D eigenvalue weighted by Crippen LogP contribution is 2.37. The molecule has 0 spiro atoms. The van der Waals surface area contributed by atoms with Gasteiger partial charge in [0.05, 0.1) is 12.6 Å². The summed E-state index contributed by atoms with van der Waals surface area (Å²) in [6.07, 6.45) is 6.31. The minimum Gasteiger partial charge on any atom is -0.453 e. The molecule has 4 nitrogen and oxygen atoms in total. The van der Waals surface area contributed by atoms with Gasteiger partial charge in [-0.15, -0.1) is 0 Å². The molecule has 0 aromatic carbocycles. The number of hydrogen-bond acceptors (Lipinski definition) is 3. The van der Waals surface area contributed by atoms with E-state index in [0.29, 0.717) is 6.54 Å². The molecule has 1 aliphatic carbocycles. The Balaban J connectivity index is 2.80. The molecule has 0 bridgehead atoms. The molecule has 4 heteroatoms. The van der Waals surface area contributed by atoms with E-state index in [-0.39, 0.29) is 11.6 Å². The van der Waals surface area contributed by atoms with E-state index >= 15 is 0 Å². The smallest absolute Gasteiger partial charge is 0.409 e. The lowest BCUT2D eigenvalue weighted by Gasteiger charge is -2.46. The van der Waals surface area contributed by atoms with E-state index in [0.717, 1.165) is 31.7 Å². The lowest BCUT2D eigenvalue weighted by Crippen LogP contribution is -2.58. The molecule has 0 radical (unpaired) electrons. The van der Waals surface area contributed by atoms with Gasteiger partial charge in [-0.05, 0) is 38.0 Å². The molecule has 0 aromatic rings. The first kappa shape index (κ1) is 15.3. The monoisotopic (exact) mass is 256 g/mol. The molecule has 1 aliphatic rings. The number of rotatable bonds is 5. The first-order valence-corrected chi connectivity index (χ1v) is 7.19. The van der Waals surface area contributed by atoms with Crippen LogP contribution in [0.4, 0.5) is 4.79 Å². The molecule has 0 heterocycles. The van der Waals surface area contributed by atoms with E-state index in [9.17, 15) is 4.79 Å². The molecular formula is C14H28N2O2. The third-order valence-corrected chi connectivity index (χ3v) is 4.41. The van der Waals surface area contributed by atoms with Crippen LogP contribution in [-0.2, 0) is 4.74 Å². The highest BCUT2D eigenvalue weighted by molar-refractivity contribution is 5.68. The predicted octanol–water partition coefficient (Wildman–Crippen LogP) is 2.76. The van der Waals surface area contributed by atoms with Crippen molar-refractivity contribution in [3.05, 3.63) is 0 Å². The standard InChI is InChI=1S/C14H28N2O2/c1-4-10-16(13(17)18-3)14(11-15)8-6-12(5-2)7-9-14/h12H,4-11,15H2,1-3H3. The van der Waals surface area contributed by atoms with Crippen LogP contribution in [0.5, 0.6) is 0 Å². The second-order valence-electron chi connectivity index (χ2n) is 5.40. The van der Waals surface area contributed by atoms with Crippen LogP contribution in [0, 0.1) is 5.92 Å². The molecule has 1 rings (SSSR count). The van der Waals surface area contributed by atoms with Gasteiger partial charge in [0.25, 0.3) is 0 Å². The first-order chi connectivity index (χ1) is 8.63. The van der Waals surface area contributed by atoms with Crippen molar-refractivity contribution in [3.8, 4) is 0 Å². The Morgan fingerprint density at radius 1 is 1.39 bits per heavy atom. The maximum Gasteiger partial charge on any atom is 0.409 e. The third kappa shape index (κ3) is 3.16. The van der Waals surface area contributed by atoms with Gasteiger partial charge in [0.15, 0.2) is 0 Å². The quantitative estimate of drug-likeness (QED) is 0.823. The Morgan fingerprint density at radius 2 is 2.00 bits per heavy atom. The number of carbonyl (C=O) groups is 1. The molecule has 106 valence electrons. The molecule has 0 atom stereocenters. The van der Waals surface area contributed by atoms with Crippen LogP contribution in [0.15, 0.2) is 0 Å². The van der Waals surface area contributed by atoms with E-state index in [2.05, 4.69) is 13.8 Å². The highest BCUT2D eigenvalue weighted by atomic mass is 16.5. The summed E-state index contributed by atoms with van der Waals surface area (Å²) in [6, 6.07) is 0. The van der Waals surface area contributed by atoms with E-state index in [1.54, 1.807) is 0 Å². The van der Waals surface area contributed by atoms with Gasteiger partial charge < -0.3 is 15.4 Å². The molecule has 0 saturated heterocycles. The Morgan fingerprint density at radius 3 is 2.39 bits per heavy atom. The number of nitrogens with two attached hydrogens (primary N) is 1. The second kappa shape index (κ2) is 6.98. The number of amides is 1. The highest BCUT2D eigenvalue weighted by Gasteiger charge is 2.41. The minimum atomic E-state index is -0.225. The van der Waals surface area contributed by atoms with Crippen molar-refractivity contribution in [1.82, 2.24) is 4.90 Å². The number of carbonyl (C=O) groups excluding carboxylic acids is 1. The largest absolute Gasteiger partial charge is 0.453 e. The zero-order chi connectivity index (χ0) is 13.6. The molecule has 0 aliphatic heterocycles. The van der Waals surface area contributed by atoms with Gasteiger partial charge in [0, 0.05) is 13.1 Å². The molecule has 2 N–H and O–H groups in total. The normalized spacial score (nSPS) is 27.9. The summed E-state index contributed by atoms with van der Waals surface area (Å²) >= 11 is 0. The number of ether oxygens (including phenoxy) is 1. The van der Waals surface area contributed by atoms with Gasteiger partial charge in [-0.2, -0.15) is 0 Å². The van der Waals surface area contributed by atoms with E-state index < -0.39 is 0 Å².